The smallest absolute Gasteiger partial charge is 0.246 e. The molecule has 0 bridgehead atoms. The minimum atomic E-state index is -0.287. The molecule has 0 heterocycles. The van der Waals surface area contributed by atoms with Crippen LogP contribution in [0.5, 0.6) is 0 Å². The maximum atomic E-state index is 12.1. The molecule has 0 saturated carbocycles. The lowest BCUT2D eigenvalue weighted by Gasteiger charge is -2.28. The van der Waals surface area contributed by atoms with E-state index in [1.807, 2.05) is 49.5 Å². The Labute approximate surface area is 171 Å². The van der Waals surface area contributed by atoms with Gasteiger partial charge in [-0.05, 0) is 28.9 Å². The van der Waals surface area contributed by atoms with Gasteiger partial charge in [0.1, 0.15) is 6.61 Å². The Hall–Kier alpha value is -2.73. The molecule has 0 aliphatic heterocycles. The normalized spacial score (nSPS) is 13.2. The fourth-order valence-corrected chi connectivity index (χ4v) is 3.56. The molecular weight excluding hydrogens is 364 g/mol. The molecule has 0 aliphatic rings. The summed E-state index contributed by atoms with van der Waals surface area (Å²) in [6, 6.07) is 24.7. The maximum absolute atomic E-state index is 12.1. The largest absolute Gasteiger partial charge is 0.395 e. The number of amides is 1. The summed E-state index contributed by atoms with van der Waals surface area (Å²) in [6.45, 7) is 0.777. The number of carbonyl (C=O) groups is 1. The van der Waals surface area contributed by atoms with Crippen molar-refractivity contribution in [2.45, 2.75) is 12.0 Å². The molecule has 152 valence electrons. The van der Waals surface area contributed by atoms with Crippen LogP contribution in [0.3, 0.4) is 0 Å². The monoisotopic (exact) mass is 392 g/mol. The molecule has 29 heavy (non-hydrogen) atoms. The van der Waals surface area contributed by atoms with E-state index in [1.54, 1.807) is 0 Å². The van der Waals surface area contributed by atoms with Crippen LogP contribution in [-0.4, -0.2) is 44.4 Å². The first-order valence-corrected chi connectivity index (χ1v) is 9.90. The van der Waals surface area contributed by atoms with Crippen LogP contribution < -0.4 is 10.6 Å². The van der Waals surface area contributed by atoms with E-state index < -0.39 is 0 Å². The number of nitrogens with one attached hydrogen (secondary N) is 2. The van der Waals surface area contributed by atoms with E-state index >= 15 is 0 Å². The molecule has 3 aromatic rings. The highest BCUT2D eigenvalue weighted by molar-refractivity contribution is 5.83. The van der Waals surface area contributed by atoms with E-state index in [2.05, 4.69) is 41.0 Å². The molecule has 5 nitrogen and oxygen atoms in total. The summed E-state index contributed by atoms with van der Waals surface area (Å²) in [5, 5.41) is 17.2. The van der Waals surface area contributed by atoms with E-state index in [0.717, 1.165) is 11.1 Å². The Kier molecular flexibility index (Phi) is 7.76. The van der Waals surface area contributed by atoms with Gasteiger partial charge in [-0.15, -0.1) is 0 Å². The summed E-state index contributed by atoms with van der Waals surface area (Å²) >= 11 is 0. The quantitative estimate of drug-likeness (QED) is 0.496. The van der Waals surface area contributed by atoms with Gasteiger partial charge in [0.05, 0.1) is 12.7 Å². The van der Waals surface area contributed by atoms with Crippen LogP contribution in [-0.2, 0) is 9.53 Å². The Morgan fingerprint density at radius 2 is 1.69 bits per heavy atom. The van der Waals surface area contributed by atoms with Crippen molar-refractivity contribution in [1.29, 1.82) is 0 Å². The zero-order valence-electron chi connectivity index (χ0n) is 16.7. The van der Waals surface area contributed by atoms with Crippen LogP contribution in [0.4, 0.5) is 0 Å². The maximum Gasteiger partial charge on any atom is 0.246 e. The zero-order chi connectivity index (χ0) is 20.5. The first-order chi connectivity index (χ1) is 14.2. The van der Waals surface area contributed by atoms with Crippen molar-refractivity contribution in [1.82, 2.24) is 10.6 Å². The van der Waals surface area contributed by atoms with Gasteiger partial charge >= 0.3 is 0 Å². The summed E-state index contributed by atoms with van der Waals surface area (Å²) in [5.74, 6) is -0.209. The Balaban J connectivity index is 1.91. The van der Waals surface area contributed by atoms with Gasteiger partial charge in [0.2, 0.25) is 5.91 Å². The molecule has 2 atom stereocenters. The lowest BCUT2D eigenvalue weighted by molar-refractivity contribution is -0.128. The lowest BCUT2D eigenvalue weighted by atomic mass is 9.87. The highest BCUT2D eigenvalue weighted by atomic mass is 16.5. The van der Waals surface area contributed by atoms with Gasteiger partial charge in [0.25, 0.3) is 0 Å². The van der Waals surface area contributed by atoms with Crippen LogP contribution in [0.1, 0.15) is 23.1 Å². The number of carbonyl (C=O) groups excluding carboxylic acids is 1. The third kappa shape index (κ3) is 5.64. The standard InChI is InChI=1S/C24H28N2O3/c1-25-16-22(21-12-11-18-7-5-6-10-20(18)15-21)24(19-8-3-2-4-9-19)29-17-23(28)26-13-14-27/h2-12,15,22,24-25,27H,13-14,16-17H2,1H3,(H,26,28)/t22-,24-/m1/s1. The third-order valence-electron chi connectivity index (χ3n) is 4.95. The highest BCUT2D eigenvalue weighted by Gasteiger charge is 2.26. The van der Waals surface area contributed by atoms with Gasteiger partial charge in [-0.3, -0.25) is 4.79 Å². The van der Waals surface area contributed by atoms with Crippen molar-refractivity contribution >= 4 is 16.7 Å². The lowest BCUT2D eigenvalue weighted by Crippen LogP contribution is -2.32. The van der Waals surface area contributed by atoms with Gasteiger partial charge in [-0.1, -0.05) is 72.8 Å². The third-order valence-corrected chi connectivity index (χ3v) is 4.95. The number of hydrogen-bond acceptors (Lipinski definition) is 4. The summed E-state index contributed by atoms with van der Waals surface area (Å²) in [5.41, 5.74) is 2.18. The molecule has 5 heteroatoms. The summed E-state index contributed by atoms with van der Waals surface area (Å²) in [6.07, 6.45) is -0.287. The number of aliphatic hydroxyl groups excluding tert-OH is 1. The fraction of sp³-hybridized carbons (Fsp3) is 0.292. The summed E-state index contributed by atoms with van der Waals surface area (Å²) < 4.78 is 6.13. The highest BCUT2D eigenvalue weighted by Crippen LogP contribution is 2.35. The molecule has 0 fully saturated rings. The predicted octanol–water partition coefficient (Wildman–Crippen LogP) is 3.01. The van der Waals surface area contributed by atoms with Crippen LogP contribution in [0.15, 0.2) is 72.8 Å². The van der Waals surface area contributed by atoms with Crippen molar-refractivity contribution in [3.63, 3.8) is 0 Å². The van der Waals surface area contributed by atoms with Gasteiger partial charge < -0.3 is 20.5 Å². The Morgan fingerprint density at radius 1 is 0.966 bits per heavy atom. The first kappa shape index (κ1) is 21.0. The molecular formula is C24H28N2O3. The first-order valence-electron chi connectivity index (χ1n) is 9.90. The van der Waals surface area contributed by atoms with E-state index in [1.165, 1.54) is 10.8 Å². The topological polar surface area (TPSA) is 70.6 Å². The molecule has 1 amide bonds. The minimum absolute atomic E-state index is 0.0256. The minimum Gasteiger partial charge on any atom is -0.395 e. The van der Waals surface area contributed by atoms with Crippen LogP contribution in [0.2, 0.25) is 0 Å². The Morgan fingerprint density at radius 3 is 2.41 bits per heavy atom. The van der Waals surface area contributed by atoms with Crippen molar-refractivity contribution in [2.24, 2.45) is 0 Å². The number of hydrogen-bond donors (Lipinski definition) is 3. The summed E-state index contributed by atoms with van der Waals surface area (Å²) in [4.78, 5) is 12.1. The van der Waals surface area contributed by atoms with Crippen LogP contribution >= 0.6 is 0 Å². The molecule has 0 saturated heterocycles. The van der Waals surface area contributed by atoms with Gasteiger partial charge in [-0.2, -0.15) is 0 Å². The number of ether oxygens (including phenoxy) is 1. The fourth-order valence-electron chi connectivity index (χ4n) is 3.56. The van der Waals surface area contributed by atoms with Crippen molar-refractivity contribution < 1.29 is 14.6 Å². The van der Waals surface area contributed by atoms with Gasteiger partial charge in [0.15, 0.2) is 0 Å². The summed E-state index contributed by atoms with van der Waals surface area (Å²) in [7, 11) is 1.92. The second-order valence-corrected chi connectivity index (χ2v) is 6.99. The van der Waals surface area contributed by atoms with E-state index in [9.17, 15) is 4.79 Å². The molecule has 0 aliphatic carbocycles. The van der Waals surface area contributed by atoms with Crippen LogP contribution in [0, 0.1) is 0 Å². The van der Waals surface area contributed by atoms with Crippen molar-refractivity contribution in [3.05, 3.63) is 83.9 Å². The molecule has 0 unspecified atom stereocenters. The van der Waals surface area contributed by atoms with Crippen molar-refractivity contribution in [3.8, 4) is 0 Å². The SMILES string of the molecule is CNC[C@H](c1ccc2ccccc2c1)[C@H](OCC(=O)NCCO)c1ccccc1. The second kappa shape index (κ2) is 10.7. The Bertz CT molecular complexity index is 914. The van der Waals surface area contributed by atoms with Crippen molar-refractivity contribution in [2.75, 3.05) is 33.4 Å². The molecule has 3 aromatic carbocycles. The van der Waals surface area contributed by atoms with E-state index in [4.69, 9.17) is 9.84 Å². The molecule has 0 radical (unpaired) electrons. The van der Waals surface area contributed by atoms with Crippen LogP contribution in [0.25, 0.3) is 10.8 Å². The average Bonchev–Trinajstić information content (AvgIpc) is 2.77. The molecule has 0 aromatic heterocycles. The van der Waals surface area contributed by atoms with E-state index in [-0.39, 0.29) is 37.7 Å². The number of aliphatic hydroxyl groups is 1. The van der Waals surface area contributed by atoms with E-state index in [0.29, 0.717) is 6.54 Å². The zero-order valence-corrected chi connectivity index (χ0v) is 16.7. The molecule has 3 rings (SSSR count). The number of benzene rings is 3. The predicted molar refractivity (Wildman–Crippen MR) is 116 cm³/mol. The van der Waals surface area contributed by atoms with Gasteiger partial charge in [0, 0.05) is 19.0 Å². The number of rotatable bonds is 10. The molecule has 0 spiro atoms. The number of fused-ring (bicyclic) bond motifs is 1. The second-order valence-electron chi connectivity index (χ2n) is 6.99. The average molecular weight is 392 g/mol. The van der Waals surface area contributed by atoms with Gasteiger partial charge in [-0.25, -0.2) is 0 Å². The molecule has 3 N–H and O–H groups in total. The number of likely N-dealkylation sites (N-methyl/N-ethyl adjacent to an activating group) is 1.